The first-order valence-electron chi connectivity index (χ1n) is 4.16. The standard InChI is InChI=1S/C10H14S2/c11-7-1-2-9-3-5-10(8-12)6-4-9/h3-6,11-12H,1-2,7-8H2. The van der Waals surface area contributed by atoms with E-state index in [1.54, 1.807) is 0 Å². The number of hydrogen-bond acceptors (Lipinski definition) is 2. The highest BCUT2D eigenvalue weighted by molar-refractivity contribution is 7.80. The zero-order valence-electron chi connectivity index (χ0n) is 7.03. The molecule has 2 heteroatoms. The van der Waals surface area contributed by atoms with Crippen LogP contribution in [0, 0.1) is 0 Å². The summed E-state index contributed by atoms with van der Waals surface area (Å²) in [6, 6.07) is 8.63. The van der Waals surface area contributed by atoms with Crippen LogP contribution in [0.3, 0.4) is 0 Å². The lowest BCUT2D eigenvalue weighted by molar-refractivity contribution is 0.935. The van der Waals surface area contributed by atoms with Crippen LogP contribution >= 0.6 is 25.3 Å². The van der Waals surface area contributed by atoms with Crippen LogP contribution in [0.1, 0.15) is 17.5 Å². The molecule has 0 aliphatic carbocycles. The molecule has 1 rings (SSSR count). The Bertz CT molecular complexity index is 216. The van der Waals surface area contributed by atoms with Gasteiger partial charge in [0, 0.05) is 5.75 Å². The molecular weight excluding hydrogens is 184 g/mol. The zero-order chi connectivity index (χ0) is 8.81. The second kappa shape index (κ2) is 5.55. The van der Waals surface area contributed by atoms with Crippen molar-refractivity contribution in [3.05, 3.63) is 35.4 Å². The molecule has 0 atom stereocenters. The van der Waals surface area contributed by atoms with Gasteiger partial charge < -0.3 is 0 Å². The molecule has 1 aromatic carbocycles. The predicted molar refractivity (Wildman–Crippen MR) is 61.3 cm³/mol. The van der Waals surface area contributed by atoms with Crippen molar-refractivity contribution in [3.63, 3.8) is 0 Å². The van der Waals surface area contributed by atoms with Crippen molar-refractivity contribution in [3.8, 4) is 0 Å². The second-order valence-electron chi connectivity index (χ2n) is 2.80. The Kier molecular flexibility index (Phi) is 4.62. The molecule has 66 valence electrons. The number of rotatable bonds is 4. The molecule has 0 aliphatic rings. The molecule has 0 N–H and O–H groups in total. The maximum atomic E-state index is 4.20. The summed E-state index contributed by atoms with van der Waals surface area (Å²) in [6.45, 7) is 0. The summed E-state index contributed by atoms with van der Waals surface area (Å²) in [5.74, 6) is 1.79. The van der Waals surface area contributed by atoms with Crippen LogP contribution in [-0.4, -0.2) is 5.75 Å². The fraction of sp³-hybridized carbons (Fsp3) is 0.400. The van der Waals surface area contributed by atoms with E-state index in [-0.39, 0.29) is 0 Å². The van der Waals surface area contributed by atoms with Gasteiger partial charge in [-0.25, -0.2) is 0 Å². The number of benzene rings is 1. The first-order chi connectivity index (χ1) is 5.86. The third-order valence-electron chi connectivity index (χ3n) is 1.83. The summed E-state index contributed by atoms with van der Waals surface area (Å²) in [4.78, 5) is 0. The summed E-state index contributed by atoms with van der Waals surface area (Å²) in [7, 11) is 0. The molecule has 0 saturated carbocycles. The first-order valence-corrected chi connectivity index (χ1v) is 5.43. The van der Waals surface area contributed by atoms with Crippen LogP contribution in [0.4, 0.5) is 0 Å². The Morgan fingerprint density at radius 3 is 2.00 bits per heavy atom. The summed E-state index contributed by atoms with van der Waals surface area (Å²) >= 11 is 8.38. The van der Waals surface area contributed by atoms with Crippen LogP contribution < -0.4 is 0 Å². The minimum atomic E-state index is 0.826. The molecule has 0 radical (unpaired) electrons. The molecule has 12 heavy (non-hydrogen) atoms. The van der Waals surface area contributed by atoms with Crippen molar-refractivity contribution in [1.82, 2.24) is 0 Å². The fourth-order valence-corrected chi connectivity index (χ4v) is 1.46. The van der Waals surface area contributed by atoms with E-state index in [1.807, 2.05) is 0 Å². The molecule has 0 amide bonds. The molecule has 0 fully saturated rings. The van der Waals surface area contributed by atoms with Gasteiger partial charge in [0.25, 0.3) is 0 Å². The van der Waals surface area contributed by atoms with Crippen LogP contribution in [-0.2, 0) is 12.2 Å². The summed E-state index contributed by atoms with van der Waals surface area (Å²) in [5.41, 5.74) is 2.68. The lowest BCUT2D eigenvalue weighted by Crippen LogP contribution is -1.86. The van der Waals surface area contributed by atoms with Crippen LogP contribution in [0.25, 0.3) is 0 Å². The minimum absolute atomic E-state index is 0.826. The second-order valence-corrected chi connectivity index (χ2v) is 3.57. The van der Waals surface area contributed by atoms with Gasteiger partial charge in [-0.05, 0) is 29.7 Å². The van der Waals surface area contributed by atoms with Gasteiger partial charge in [-0.2, -0.15) is 25.3 Å². The molecule has 0 aliphatic heterocycles. The van der Waals surface area contributed by atoms with Gasteiger partial charge in [0.05, 0.1) is 0 Å². The van der Waals surface area contributed by atoms with Gasteiger partial charge in [0.1, 0.15) is 0 Å². The van der Waals surface area contributed by atoms with E-state index >= 15 is 0 Å². The molecule has 0 unspecified atom stereocenters. The highest BCUT2D eigenvalue weighted by atomic mass is 32.1. The average Bonchev–Trinajstić information content (AvgIpc) is 2.15. The molecular formula is C10H14S2. The molecule has 0 aromatic heterocycles. The van der Waals surface area contributed by atoms with Crippen molar-refractivity contribution in [2.24, 2.45) is 0 Å². The normalized spacial score (nSPS) is 10.2. The summed E-state index contributed by atoms with van der Waals surface area (Å²) < 4.78 is 0. The van der Waals surface area contributed by atoms with E-state index in [9.17, 15) is 0 Å². The van der Waals surface area contributed by atoms with Gasteiger partial charge in [0.2, 0.25) is 0 Å². The van der Waals surface area contributed by atoms with E-state index < -0.39 is 0 Å². The minimum Gasteiger partial charge on any atom is -0.179 e. The maximum absolute atomic E-state index is 4.20. The van der Waals surface area contributed by atoms with Gasteiger partial charge in [0.15, 0.2) is 0 Å². The van der Waals surface area contributed by atoms with Crippen molar-refractivity contribution in [1.29, 1.82) is 0 Å². The van der Waals surface area contributed by atoms with Gasteiger partial charge in [-0.1, -0.05) is 24.3 Å². The highest BCUT2D eigenvalue weighted by Crippen LogP contribution is 2.08. The number of aryl methyl sites for hydroxylation is 1. The number of hydrogen-bond donors (Lipinski definition) is 2. The Morgan fingerprint density at radius 1 is 0.917 bits per heavy atom. The third kappa shape index (κ3) is 3.11. The molecule has 0 heterocycles. The monoisotopic (exact) mass is 198 g/mol. The Morgan fingerprint density at radius 2 is 1.50 bits per heavy atom. The molecule has 0 spiro atoms. The predicted octanol–water partition coefficient (Wildman–Crippen LogP) is 2.98. The average molecular weight is 198 g/mol. The summed E-state index contributed by atoms with van der Waals surface area (Å²) in [5, 5.41) is 0. The number of thiol groups is 2. The molecule has 0 nitrogen and oxygen atoms in total. The quantitative estimate of drug-likeness (QED) is 0.683. The van der Waals surface area contributed by atoms with E-state index in [1.165, 1.54) is 11.1 Å². The Balaban J connectivity index is 2.53. The summed E-state index contributed by atoms with van der Waals surface area (Å²) in [6.07, 6.45) is 2.29. The van der Waals surface area contributed by atoms with E-state index in [2.05, 4.69) is 49.5 Å². The Hall–Kier alpha value is -0.0800. The fourth-order valence-electron chi connectivity index (χ4n) is 1.09. The van der Waals surface area contributed by atoms with Crippen molar-refractivity contribution >= 4 is 25.3 Å². The van der Waals surface area contributed by atoms with Gasteiger partial charge >= 0.3 is 0 Å². The third-order valence-corrected chi connectivity index (χ3v) is 2.51. The lowest BCUT2D eigenvalue weighted by Gasteiger charge is -2.00. The van der Waals surface area contributed by atoms with Gasteiger partial charge in [-0.3, -0.25) is 0 Å². The van der Waals surface area contributed by atoms with Crippen molar-refractivity contribution < 1.29 is 0 Å². The smallest absolute Gasteiger partial charge is 0.0154 e. The zero-order valence-corrected chi connectivity index (χ0v) is 8.82. The molecule has 1 aromatic rings. The Labute approximate surface area is 85.2 Å². The van der Waals surface area contributed by atoms with Gasteiger partial charge in [-0.15, -0.1) is 0 Å². The van der Waals surface area contributed by atoms with E-state index in [0.29, 0.717) is 0 Å². The van der Waals surface area contributed by atoms with Crippen LogP contribution in [0.5, 0.6) is 0 Å². The van der Waals surface area contributed by atoms with Crippen LogP contribution in [0.2, 0.25) is 0 Å². The SMILES string of the molecule is SCCCc1ccc(CS)cc1. The van der Waals surface area contributed by atoms with Crippen molar-refractivity contribution in [2.45, 2.75) is 18.6 Å². The topological polar surface area (TPSA) is 0 Å². The maximum Gasteiger partial charge on any atom is 0.0154 e. The van der Waals surface area contributed by atoms with E-state index in [0.717, 1.165) is 24.3 Å². The molecule has 0 bridgehead atoms. The molecule has 0 saturated heterocycles. The lowest BCUT2D eigenvalue weighted by atomic mass is 10.1. The van der Waals surface area contributed by atoms with Crippen molar-refractivity contribution in [2.75, 3.05) is 5.75 Å². The largest absolute Gasteiger partial charge is 0.179 e. The van der Waals surface area contributed by atoms with Crippen LogP contribution in [0.15, 0.2) is 24.3 Å². The first kappa shape index (κ1) is 10.0. The van der Waals surface area contributed by atoms with E-state index in [4.69, 9.17) is 0 Å². The highest BCUT2D eigenvalue weighted by Gasteiger charge is 1.92.